The predicted octanol–water partition coefficient (Wildman–Crippen LogP) is 4.42. The lowest BCUT2D eigenvalue weighted by Crippen LogP contribution is -2.30. The fourth-order valence-corrected chi connectivity index (χ4v) is 4.95. The van der Waals surface area contributed by atoms with Crippen molar-refractivity contribution in [2.75, 3.05) is 6.54 Å². The van der Waals surface area contributed by atoms with Gasteiger partial charge in [-0.25, -0.2) is 0 Å². The molecule has 0 saturated carbocycles. The molecule has 100 valence electrons. The van der Waals surface area contributed by atoms with Crippen LogP contribution in [0.1, 0.15) is 29.0 Å². The van der Waals surface area contributed by atoms with E-state index in [4.69, 9.17) is 0 Å². The number of nitrogens with one attached hydrogen (secondary N) is 1. The van der Waals surface area contributed by atoms with Gasteiger partial charge in [0.25, 0.3) is 0 Å². The van der Waals surface area contributed by atoms with E-state index in [-0.39, 0.29) is 0 Å². The van der Waals surface area contributed by atoms with E-state index >= 15 is 0 Å². The lowest BCUT2D eigenvalue weighted by Gasteiger charge is -2.24. The SMILES string of the molecule is CCNC(c1ccsc1C)C1Cc2ccccc2S1. The van der Waals surface area contributed by atoms with Crippen LogP contribution < -0.4 is 5.32 Å². The standard InChI is InChI=1S/C16H19NS2/c1-3-17-16(13-8-9-18-11(13)2)15-10-12-6-4-5-7-14(12)19-15/h4-9,15-17H,3,10H2,1-2H3. The Hall–Kier alpha value is -0.770. The highest BCUT2D eigenvalue weighted by molar-refractivity contribution is 8.00. The Morgan fingerprint density at radius 1 is 1.32 bits per heavy atom. The van der Waals surface area contributed by atoms with E-state index in [9.17, 15) is 0 Å². The van der Waals surface area contributed by atoms with Crippen molar-refractivity contribution in [1.29, 1.82) is 0 Å². The zero-order valence-corrected chi connectivity index (χ0v) is 13.0. The number of aryl methyl sites for hydroxylation is 1. The molecular formula is C16H19NS2. The van der Waals surface area contributed by atoms with E-state index in [0.29, 0.717) is 11.3 Å². The number of hydrogen-bond acceptors (Lipinski definition) is 3. The third kappa shape index (κ3) is 2.60. The smallest absolute Gasteiger partial charge is 0.0458 e. The summed E-state index contributed by atoms with van der Waals surface area (Å²) in [5.74, 6) is 0. The minimum absolute atomic E-state index is 0.466. The summed E-state index contributed by atoms with van der Waals surface area (Å²) in [5, 5.41) is 6.51. The van der Waals surface area contributed by atoms with Crippen LogP contribution in [-0.2, 0) is 6.42 Å². The van der Waals surface area contributed by atoms with Crippen LogP contribution in [0, 0.1) is 6.92 Å². The van der Waals surface area contributed by atoms with Crippen molar-refractivity contribution in [3.8, 4) is 0 Å². The highest BCUT2D eigenvalue weighted by Gasteiger charge is 2.30. The third-order valence-electron chi connectivity index (χ3n) is 3.70. The van der Waals surface area contributed by atoms with Crippen LogP contribution in [0.3, 0.4) is 0 Å². The fourth-order valence-electron chi connectivity index (χ4n) is 2.77. The van der Waals surface area contributed by atoms with Gasteiger partial charge in [-0.3, -0.25) is 0 Å². The summed E-state index contributed by atoms with van der Waals surface area (Å²) in [7, 11) is 0. The summed E-state index contributed by atoms with van der Waals surface area (Å²) in [6.07, 6.45) is 1.17. The lowest BCUT2D eigenvalue weighted by atomic mass is 9.99. The molecule has 0 spiro atoms. The molecular weight excluding hydrogens is 270 g/mol. The van der Waals surface area contributed by atoms with Crippen LogP contribution in [0.15, 0.2) is 40.6 Å². The molecule has 1 N–H and O–H groups in total. The maximum Gasteiger partial charge on any atom is 0.0458 e. The highest BCUT2D eigenvalue weighted by Crippen LogP contribution is 2.43. The van der Waals surface area contributed by atoms with Crippen LogP contribution in [-0.4, -0.2) is 11.8 Å². The molecule has 0 saturated heterocycles. The molecule has 2 atom stereocenters. The van der Waals surface area contributed by atoms with Gasteiger partial charge in [-0.2, -0.15) is 0 Å². The van der Waals surface area contributed by atoms with Crippen molar-refractivity contribution < 1.29 is 0 Å². The molecule has 2 unspecified atom stereocenters. The molecule has 0 amide bonds. The zero-order valence-electron chi connectivity index (χ0n) is 11.3. The van der Waals surface area contributed by atoms with Gasteiger partial charge in [-0.15, -0.1) is 23.1 Å². The molecule has 1 aromatic carbocycles. The van der Waals surface area contributed by atoms with Gasteiger partial charge >= 0.3 is 0 Å². The topological polar surface area (TPSA) is 12.0 Å². The summed E-state index contributed by atoms with van der Waals surface area (Å²) in [4.78, 5) is 2.91. The Bertz CT molecular complexity index is 536. The Kier molecular flexibility index (Phi) is 3.96. The van der Waals surface area contributed by atoms with E-state index in [0.717, 1.165) is 6.54 Å². The molecule has 1 aliphatic rings. The molecule has 1 aromatic heterocycles. The van der Waals surface area contributed by atoms with Crippen LogP contribution in [0.4, 0.5) is 0 Å². The lowest BCUT2D eigenvalue weighted by molar-refractivity contribution is 0.531. The third-order valence-corrected chi connectivity index (χ3v) is 5.96. The van der Waals surface area contributed by atoms with Crippen LogP contribution in [0.2, 0.25) is 0 Å². The summed E-state index contributed by atoms with van der Waals surface area (Å²) in [5.41, 5.74) is 2.99. The summed E-state index contributed by atoms with van der Waals surface area (Å²) in [6, 6.07) is 11.6. The van der Waals surface area contributed by atoms with Gasteiger partial charge in [0.2, 0.25) is 0 Å². The van der Waals surface area contributed by atoms with Crippen LogP contribution in [0.5, 0.6) is 0 Å². The quantitative estimate of drug-likeness (QED) is 0.894. The molecule has 3 heteroatoms. The normalized spacial score (nSPS) is 19.4. The molecule has 3 rings (SSSR count). The second kappa shape index (κ2) is 5.70. The van der Waals surface area contributed by atoms with Crippen LogP contribution in [0.25, 0.3) is 0 Å². The Morgan fingerprint density at radius 3 is 2.84 bits per heavy atom. The van der Waals surface area contributed by atoms with Crippen molar-refractivity contribution in [2.24, 2.45) is 0 Å². The fraction of sp³-hybridized carbons (Fsp3) is 0.375. The maximum atomic E-state index is 3.69. The molecule has 0 bridgehead atoms. The molecule has 19 heavy (non-hydrogen) atoms. The van der Waals surface area contributed by atoms with Gasteiger partial charge in [-0.05, 0) is 48.5 Å². The number of thiophene rings is 1. The van der Waals surface area contributed by atoms with E-state index in [1.54, 1.807) is 0 Å². The van der Waals surface area contributed by atoms with Gasteiger partial charge in [0.05, 0.1) is 0 Å². The highest BCUT2D eigenvalue weighted by atomic mass is 32.2. The molecule has 1 aliphatic heterocycles. The van der Waals surface area contributed by atoms with E-state index in [2.05, 4.69) is 54.9 Å². The first-order valence-electron chi connectivity index (χ1n) is 6.81. The van der Waals surface area contributed by atoms with E-state index < -0.39 is 0 Å². The molecule has 2 aromatic rings. The monoisotopic (exact) mass is 289 g/mol. The van der Waals surface area contributed by atoms with Crippen molar-refractivity contribution >= 4 is 23.1 Å². The first-order valence-corrected chi connectivity index (χ1v) is 8.57. The first-order chi connectivity index (χ1) is 9.29. The number of rotatable bonds is 4. The number of benzene rings is 1. The van der Waals surface area contributed by atoms with Crippen LogP contribution >= 0.6 is 23.1 Å². The maximum absolute atomic E-state index is 3.69. The number of fused-ring (bicyclic) bond motifs is 1. The summed E-state index contributed by atoms with van der Waals surface area (Å²) >= 11 is 3.89. The Morgan fingerprint density at radius 2 is 2.16 bits per heavy atom. The van der Waals surface area contributed by atoms with Gasteiger partial charge in [0.1, 0.15) is 0 Å². The van der Waals surface area contributed by atoms with E-state index in [1.807, 2.05) is 23.1 Å². The molecule has 1 nitrogen and oxygen atoms in total. The minimum atomic E-state index is 0.466. The van der Waals surface area contributed by atoms with E-state index in [1.165, 1.54) is 27.3 Å². The van der Waals surface area contributed by atoms with Gasteiger partial charge in [-0.1, -0.05) is 25.1 Å². The van der Waals surface area contributed by atoms with Gasteiger partial charge in [0.15, 0.2) is 0 Å². The van der Waals surface area contributed by atoms with Gasteiger partial charge < -0.3 is 5.32 Å². The average molecular weight is 289 g/mol. The molecule has 0 radical (unpaired) electrons. The number of thioether (sulfide) groups is 1. The summed E-state index contributed by atoms with van der Waals surface area (Å²) in [6.45, 7) is 5.45. The largest absolute Gasteiger partial charge is 0.309 e. The second-order valence-electron chi connectivity index (χ2n) is 4.94. The van der Waals surface area contributed by atoms with Gasteiger partial charge in [0, 0.05) is 21.1 Å². The van der Waals surface area contributed by atoms with Crippen molar-refractivity contribution in [2.45, 2.75) is 36.5 Å². The Balaban J connectivity index is 1.86. The molecule has 2 heterocycles. The summed E-state index contributed by atoms with van der Waals surface area (Å²) < 4.78 is 0. The zero-order chi connectivity index (χ0) is 13.2. The molecule has 0 aliphatic carbocycles. The first kappa shape index (κ1) is 13.2. The average Bonchev–Trinajstić information content (AvgIpc) is 3.02. The number of hydrogen-bond donors (Lipinski definition) is 1. The Labute approximate surface area is 123 Å². The van der Waals surface area contributed by atoms with Crippen molar-refractivity contribution in [1.82, 2.24) is 5.32 Å². The predicted molar refractivity (Wildman–Crippen MR) is 85.3 cm³/mol. The van der Waals surface area contributed by atoms with Crippen molar-refractivity contribution in [3.63, 3.8) is 0 Å². The van der Waals surface area contributed by atoms with Crippen molar-refractivity contribution in [3.05, 3.63) is 51.7 Å². The second-order valence-corrected chi connectivity index (χ2v) is 7.34. The molecule has 0 fully saturated rings. The minimum Gasteiger partial charge on any atom is -0.309 e.